The number of hydrogen-bond acceptors (Lipinski definition) is 11. The van der Waals surface area contributed by atoms with Crippen molar-refractivity contribution in [1.82, 2.24) is 4.90 Å². The molecule has 185 valence electrons. The Morgan fingerprint density at radius 3 is 2.31 bits per heavy atom. The summed E-state index contributed by atoms with van der Waals surface area (Å²) in [5.41, 5.74) is 0.140. The minimum absolute atomic E-state index is 0.153. The third-order valence-electron chi connectivity index (χ3n) is 6.86. The smallest absolute Gasteiger partial charge is 0.341 e. The Kier molecular flexibility index (Phi) is 5.51. The van der Waals surface area contributed by atoms with Crippen molar-refractivity contribution in [3.05, 3.63) is 52.1 Å². The maximum atomic E-state index is 13.7. The van der Waals surface area contributed by atoms with E-state index in [1.54, 1.807) is 0 Å². The lowest BCUT2D eigenvalue weighted by Gasteiger charge is -2.52. The van der Waals surface area contributed by atoms with Gasteiger partial charge in [-0.05, 0) is 25.7 Å². The predicted octanol–water partition coefficient (Wildman–Crippen LogP) is -1.27. The molecule has 5 atom stereocenters. The molecule has 1 amide bonds. The number of methoxy groups -OCH3 is 1. The number of benzene rings is 1. The largest absolute Gasteiger partial charge is 0.508 e. The molecule has 0 heterocycles. The van der Waals surface area contributed by atoms with Crippen LogP contribution in [0.1, 0.15) is 21.5 Å². The van der Waals surface area contributed by atoms with E-state index in [4.69, 9.17) is 5.73 Å². The zero-order chi connectivity index (χ0) is 26.1. The van der Waals surface area contributed by atoms with Gasteiger partial charge < -0.3 is 36.0 Å². The zero-order valence-electron chi connectivity index (χ0n) is 18.8. The van der Waals surface area contributed by atoms with Crippen molar-refractivity contribution < 1.29 is 49.4 Å². The van der Waals surface area contributed by atoms with E-state index in [-0.39, 0.29) is 16.7 Å². The highest BCUT2D eigenvalue weighted by Gasteiger charge is 2.67. The molecule has 7 N–H and O–H groups in total. The van der Waals surface area contributed by atoms with E-state index in [2.05, 4.69) is 4.74 Å². The number of Topliss-reactive ketones (excluding diaryl/α,β-unsaturated/α-hetero) is 2. The van der Waals surface area contributed by atoms with Crippen molar-refractivity contribution in [2.45, 2.75) is 17.7 Å². The third kappa shape index (κ3) is 3.03. The summed E-state index contributed by atoms with van der Waals surface area (Å²) >= 11 is 0. The van der Waals surface area contributed by atoms with Crippen LogP contribution in [0.25, 0.3) is 5.76 Å². The van der Waals surface area contributed by atoms with Gasteiger partial charge in [0.15, 0.2) is 11.4 Å². The van der Waals surface area contributed by atoms with Gasteiger partial charge in [-0.2, -0.15) is 0 Å². The van der Waals surface area contributed by atoms with Crippen LogP contribution in [0, 0.1) is 18.3 Å². The highest BCUT2D eigenvalue weighted by Crippen LogP contribution is 2.53. The van der Waals surface area contributed by atoms with Gasteiger partial charge in [0, 0.05) is 17.9 Å². The Labute approximate surface area is 198 Å². The highest BCUT2D eigenvalue weighted by atomic mass is 16.5. The number of likely N-dealkylation sites (N-methyl/N-ethyl adjacent to an activating group) is 1. The number of primary amides is 1. The molecule has 12 nitrogen and oxygen atoms in total. The summed E-state index contributed by atoms with van der Waals surface area (Å²) in [7, 11) is 3.90. The van der Waals surface area contributed by atoms with E-state index in [9.17, 15) is 44.7 Å². The Morgan fingerprint density at radius 1 is 1.14 bits per heavy atom. The average Bonchev–Trinajstić information content (AvgIpc) is 2.78. The summed E-state index contributed by atoms with van der Waals surface area (Å²) in [6.45, 7) is 0. The maximum absolute atomic E-state index is 13.7. The predicted molar refractivity (Wildman–Crippen MR) is 117 cm³/mol. The fourth-order valence-electron chi connectivity index (χ4n) is 5.29. The Balaban J connectivity index is 2.01. The number of nitrogens with two attached hydrogens (primary N) is 1. The van der Waals surface area contributed by atoms with Crippen LogP contribution in [0.3, 0.4) is 0 Å². The number of nitrogens with zero attached hydrogens (tertiary/aromatic N) is 1. The zero-order valence-corrected chi connectivity index (χ0v) is 18.8. The molecular weight excluding hydrogens is 464 g/mol. The molecule has 3 aliphatic rings. The van der Waals surface area contributed by atoms with Crippen LogP contribution >= 0.6 is 0 Å². The van der Waals surface area contributed by atoms with Crippen LogP contribution in [0.4, 0.5) is 0 Å². The molecule has 0 aromatic heterocycles. The quantitative estimate of drug-likeness (QED) is 0.219. The number of hydrogen-bond donors (Lipinski definition) is 6. The van der Waals surface area contributed by atoms with Gasteiger partial charge >= 0.3 is 5.97 Å². The number of esters is 1. The summed E-state index contributed by atoms with van der Waals surface area (Å²) in [6.07, 6.45) is -0.396. The number of amides is 1. The van der Waals surface area contributed by atoms with Crippen LogP contribution < -0.4 is 5.73 Å². The summed E-state index contributed by atoms with van der Waals surface area (Å²) in [5.74, 6) is -10.5. The first-order chi connectivity index (χ1) is 16.3. The summed E-state index contributed by atoms with van der Waals surface area (Å²) in [5, 5.41) is 55.2. The second kappa shape index (κ2) is 7.90. The van der Waals surface area contributed by atoms with E-state index in [0.717, 1.165) is 7.11 Å². The highest BCUT2D eigenvalue weighted by molar-refractivity contribution is 6.24. The first-order valence-corrected chi connectivity index (χ1v) is 10.4. The van der Waals surface area contributed by atoms with Crippen molar-refractivity contribution in [2.75, 3.05) is 21.2 Å². The average molecular weight is 487 g/mol. The monoisotopic (exact) mass is 487 g/mol. The molecule has 35 heavy (non-hydrogen) atoms. The summed E-state index contributed by atoms with van der Waals surface area (Å²) < 4.78 is 4.59. The number of aliphatic hydroxyl groups excluding tert-OH is 3. The van der Waals surface area contributed by atoms with Crippen LogP contribution in [-0.4, -0.2) is 92.8 Å². The molecule has 3 unspecified atom stereocenters. The number of aromatic hydroxyl groups is 1. The number of fused-ring (bicyclic) bond motifs is 3. The number of carbonyl (C=O) groups excluding carboxylic acids is 4. The fourth-order valence-corrected chi connectivity index (χ4v) is 5.29. The molecule has 12 heteroatoms. The lowest BCUT2D eigenvalue weighted by Crippen LogP contribution is -2.70. The second-order valence-corrected chi connectivity index (χ2v) is 8.84. The molecule has 1 fully saturated rings. The SMILES string of the molecule is COC(=O)c1ccc2c(c1O)C(O)=C1C(=O)C3(O)C(O)=C(C(N)=O)C(=O)[C@H](N(C)C)C3[C@H](O)C1[CH]2. The molecule has 1 aromatic rings. The number of aliphatic hydroxyl groups is 4. The number of ether oxygens (including phenoxy) is 1. The lowest BCUT2D eigenvalue weighted by atomic mass is 9.56. The maximum Gasteiger partial charge on any atom is 0.341 e. The molecular formula is C23H23N2O10. The van der Waals surface area contributed by atoms with Gasteiger partial charge in [0.05, 0.1) is 30.7 Å². The molecule has 4 rings (SSSR count). The van der Waals surface area contributed by atoms with Crippen molar-refractivity contribution >= 4 is 29.2 Å². The molecule has 0 bridgehead atoms. The Hall–Kier alpha value is -3.74. The van der Waals surface area contributed by atoms with Crippen LogP contribution in [0.5, 0.6) is 5.75 Å². The topological polar surface area (TPSA) is 208 Å². The molecule has 0 aliphatic heterocycles. The minimum Gasteiger partial charge on any atom is -0.508 e. The first kappa shape index (κ1) is 24.4. The fraction of sp³-hybridized carbons (Fsp3) is 0.348. The van der Waals surface area contributed by atoms with Crippen molar-refractivity contribution in [2.24, 2.45) is 17.6 Å². The van der Waals surface area contributed by atoms with E-state index in [1.165, 1.54) is 37.5 Å². The van der Waals surface area contributed by atoms with Gasteiger partial charge in [0.25, 0.3) is 5.91 Å². The van der Waals surface area contributed by atoms with Crippen LogP contribution in [-0.2, 0) is 19.1 Å². The number of phenols is 1. The van der Waals surface area contributed by atoms with Gasteiger partial charge in [-0.15, -0.1) is 0 Å². The normalized spacial score (nSPS) is 30.1. The molecule has 1 radical (unpaired) electrons. The first-order valence-electron chi connectivity index (χ1n) is 10.4. The van der Waals surface area contributed by atoms with Crippen molar-refractivity contribution in [1.29, 1.82) is 0 Å². The molecule has 1 saturated carbocycles. The summed E-state index contributed by atoms with van der Waals surface area (Å²) in [4.78, 5) is 51.9. The van der Waals surface area contributed by atoms with E-state index in [0.29, 0.717) is 0 Å². The van der Waals surface area contributed by atoms with Crippen molar-refractivity contribution in [3.63, 3.8) is 0 Å². The molecule has 3 aliphatic carbocycles. The van der Waals surface area contributed by atoms with Gasteiger partial charge in [-0.1, -0.05) is 6.07 Å². The van der Waals surface area contributed by atoms with Gasteiger partial charge in [0.2, 0.25) is 5.78 Å². The van der Waals surface area contributed by atoms with Crippen LogP contribution in [0.15, 0.2) is 29.0 Å². The van der Waals surface area contributed by atoms with Crippen molar-refractivity contribution in [3.8, 4) is 5.75 Å². The molecule has 1 aromatic carbocycles. The third-order valence-corrected chi connectivity index (χ3v) is 6.86. The van der Waals surface area contributed by atoms with E-state index in [1.807, 2.05) is 0 Å². The Morgan fingerprint density at radius 2 is 1.77 bits per heavy atom. The Bertz CT molecular complexity index is 1260. The second-order valence-electron chi connectivity index (χ2n) is 8.84. The summed E-state index contributed by atoms with van der Waals surface area (Å²) in [6, 6.07) is 1.14. The van der Waals surface area contributed by atoms with E-state index >= 15 is 0 Å². The van der Waals surface area contributed by atoms with E-state index < -0.39 is 81.4 Å². The minimum atomic E-state index is -3.01. The number of ketones is 2. The standard InChI is InChI=1S/C23H23N2O10/c1-25(2)14-13-16(27)9-6-7-4-5-8(22(33)35-3)15(26)10(7)17(28)11(9)19(30)23(13,34)20(31)12(18(14)29)21(24)32/h4-6,9,13-14,16,26-28,31,34H,1-3H3,(H2,24,32)/t9?,13?,14-,16-,23?/m1/s1. The lowest BCUT2D eigenvalue weighted by molar-refractivity contribution is -0.167. The number of carbonyl (C=O) groups is 4. The number of rotatable bonds is 3. The van der Waals surface area contributed by atoms with Crippen LogP contribution in [0.2, 0.25) is 0 Å². The molecule has 0 saturated heterocycles. The van der Waals surface area contributed by atoms with Gasteiger partial charge in [0.1, 0.15) is 28.4 Å². The number of phenolic OH excluding ortho intramolecular Hbond substituents is 1. The molecule has 0 spiro atoms. The van der Waals surface area contributed by atoms with Gasteiger partial charge in [-0.3, -0.25) is 19.3 Å². The van der Waals surface area contributed by atoms with Gasteiger partial charge in [-0.25, -0.2) is 4.79 Å².